The zero-order valence-electron chi connectivity index (χ0n) is 19.1. The van der Waals surface area contributed by atoms with E-state index in [1.807, 2.05) is 31.2 Å². The Balaban J connectivity index is 1.52. The number of rotatable bonds is 5. The third kappa shape index (κ3) is 5.02. The van der Waals surface area contributed by atoms with Crippen LogP contribution in [0, 0.1) is 17.8 Å². The van der Waals surface area contributed by atoms with Crippen molar-refractivity contribution in [3.8, 4) is 11.8 Å². The van der Waals surface area contributed by atoms with Gasteiger partial charge in [0.15, 0.2) is 0 Å². The van der Waals surface area contributed by atoms with Crippen LogP contribution >= 0.6 is 0 Å². The summed E-state index contributed by atoms with van der Waals surface area (Å²) in [6.45, 7) is 7.70. The molecule has 0 aromatic heterocycles. The fraction of sp³-hybridized carbons (Fsp3) is 0.464. The molecule has 2 aromatic rings. The van der Waals surface area contributed by atoms with Crippen molar-refractivity contribution in [2.75, 3.05) is 13.7 Å². The Morgan fingerprint density at radius 1 is 1.10 bits per heavy atom. The normalized spacial score (nSPS) is 20.2. The number of carbonyl (C=O) groups is 1. The number of fused-ring (bicyclic) bond motifs is 1. The number of nitrogens with one attached hydrogen (secondary N) is 1. The van der Waals surface area contributed by atoms with E-state index in [1.165, 1.54) is 43.9 Å². The summed E-state index contributed by atoms with van der Waals surface area (Å²) in [5.41, 5.74) is 6.00. The van der Waals surface area contributed by atoms with Crippen LogP contribution in [0.15, 0.2) is 42.5 Å². The number of esters is 1. The van der Waals surface area contributed by atoms with Gasteiger partial charge in [0.25, 0.3) is 0 Å². The van der Waals surface area contributed by atoms with E-state index < -0.39 is 0 Å². The first-order chi connectivity index (χ1) is 14.9. The Labute approximate surface area is 186 Å². The topological polar surface area (TPSA) is 38.3 Å². The lowest BCUT2D eigenvalue weighted by Gasteiger charge is -2.37. The highest BCUT2D eigenvalue weighted by molar-refractivity contribution is 5.77. The Kier molecular flexibility index (Phi) is 6.21. The quantitative estimate of drug-likeness (QED) is 0.519. The fourth-order valence-electron chi connectivity index (χ4n) is 4.47. The van der Waals surface area contributed by atoms with Gasteiger partial charge in [0.2, 0.25) is 0 Å². The molecule has 162 valence electrons. The molecule has 0 aliphatic heterocycles. The van der Waals surface area contributed by atoms with Crippen LogP contribution in [0.2, 0.25) is 0 Å². The minimum Gasteiger partial charge on any atom is -0.469 e. The molecule has 3 nitrogen and oxygen atoms in total. The van der Waals surface area contributed by atoms with Crippen molar-refractivity contribution < 1.29 is 9.53 Å². The fourth-order valence-corrected chi connectivity index (χ4v) is 4.47. The molecule has 1 saturated carbocycles. The first kappa shape index (κ1) is 21.7. The highest BCUT2D eigenvalue weighted by atomic mass is 16.5. The molecule has 0 bridgehead atoms. The van der Waals surface area contributed by atoms with Crippen LogP contribution in [-0.4, -0.2) is 19.6 Å². The van der Waals surface area contributed by atoms with Crippen LogP contribution in [0.4, 0.5) is 0 Å². The van der Waals surface area contributed by atoms with Crippen molar-refractivity contribution >= 4 is 5.97 Å². The number of hydrogen-bond donors (Lipinski definition) is 1. The van der Waals surface area contributed by atoms with Gasteiger partial charge in [-0.15, -0.1) is 0 Å². The SMILES string of the molecule is COC(=O)C(C)c1ccc(C#Cc2ccc3c(c2)C(C)(C)CCC3NCC2CC2)cc1. The molecule has 3 heteroatoms. The molecule has 2 aromatic carbocycles. The molecule has 0 saturated heterocycles. The first-order valence-electron chi connectivity index (χ1n) is 11.4. The lowest BCUT2D eigenvalue weighted by atomic mass is 9.70. The molecule has 0 spiro atoms. The van der Waals surface area contributed by atoms with Gasteiger partial charge < -0.3 is 10.1 Å². The molecule has 1 fully saturated rings. The summed E-state index contributed by atoms with van der Waals surface area (Å²) in [4.78, 5) is 11.7. The largest absolute Gasteiger partial charge is 0.469 e. The Morgan fingerprint density at radius 3 is 2.45 bits per heavy atom. The van der Waals surface area contributed by atoms with Gasteiger partial charge in [0.05, 0.1) is 13.0 Å². The Hall–Kier alpha value is -2.57. The molecule has 2 atom stereocenters. The van der Waals surface area contributed by atoms with Crippen molar-refractivity contribution in [3.05, 3.63) is 70.3 Å². The summed E-state index contributed by atoms with van der Waals surface area (Å²) >= 11 is 0. The van der Waals surface area contributed by atoms with Crippen LogP contribution < -0.4 is 5.32 Å². The van der Waals surface area contributed by atoms with Crippen molar-refractivity contribution in [1.29, 1.82) is 0 Å². The van der Waals surface area contributed by atoms with Crippen molar-refractivity contribution in [2.24, 2.45) is 5.92 Å². The number of ether oxygens (including phenoxy) is 1. The zero-order valence-corrected chi connectivity index (χ0v) is 19.1. The number of methoxy groups -OCH3 is 1. The second-order valence-electron chi connectivity index (χ2n) is 9.75. The standard InChI is InChI=1S/C28H33NO2/c1-19(27(30)31-4)23-12-9-20(10-13-23)5-6-21-11-14-24-25(17-21)28(2,3)16-15-26(24)29-18-22-7-8-22/h9-14,17,19,22,26,29H,7-8,15-16,18H2,1-4H3. The minimum absolute atomic E-state index is 0.177. The van der Waals surface area contributed by atoms with Crippen LogP contribution in [0.3, 0.4) is 0 Å². The van der Waals surface area contributed by atoms with Gasteiger partial charge >= 0.3 is 5.97 Å². The lowest BCUT2D eigenvalue weighted by Crippen LogP contribution is -2.33. The Bertz CT molecular complexity index is 1010. The van der Waals surface area contributed by atoms with Gasteiger partial charge in [-0.3, -0.25) is 4.79 Å². The minimum atomic E-state index is -0.267. The second-order valence-corrected chi connectivity index (χ2v) is 9.75. The molecule has 0 heterocycles. The van der Waals surface area contributed by atoms with Gasteiger partial charge in [-0.25, -0.2) is 0 Å². The van der Waals surface area contributed by atoms with E-state index in [0.717, 1.165) is 29.2 Å². The number of benzene rings is 2. The van der Waals surface area contributed by atoms with Crippen LogP contribution in [-0.2, 0) is 14.9 Å². The maximum absolute atomic E-state index is 11.7. The maximum Gasteiger partial charge on any atom is 0.312 e. The number of hydrogen-bond acceptors (Lipinski definition) is 3. The monoisotopic (exact) mass is 415 g/mol. The molecular weight excluding hydrogens is 382 g/mol. The van der Waals surface area contributed by atoms with Crippen molar-refractivity contribution in [1.82, 2.24) is 5.32 Å². The molecule has 4 rings (SSSR count). The van der Waals surface area contributed by atoms with Crippen molar-refractivity contribution in [3.63, 3.8) is 0 Å². The summed E-state index contributed by atoms with van der Waals surface area (Å²) in [7, 11) is 1.42. The molecule has 1 N–H and O–H groups in total. The second kappa shape index (κ2) is 8.89. The summed E-state index contributed by atoms with van der Waals surface area (Å²) in [5, 5.41) is 3.81. The molecule has 2 aliphatic rings. The summed E-state index contributed by atoms with van der Waals surface area (Å²) in [6, 6.07) is 15.1. The molecule has 0 amide bonds. The van der Waals surface area contributed by atoms with Gasteiger partial charge in [-0.1, -0.05) is 43.9 Å². The maximum atomic E-state index is 11.7. The number of carbonyl (C=O) groups excluding carboxylic acids is 1. The first-order valence-corrected chi connectivity index (χ1v) is 11.4. The van der Waals surface area contributed by atoms with E-state index in [1.54, 1.807) is 0 Å². The molecular formula is C28H33NO2. The van der Waals surface area contributed by atoms with E-state index in [-0.39, 0.29) is 17.3 Å². The third-order valence-corrected chi connectivity index (χ3v) is 6.88. The smallest absolute Gasteiger partial charge is 0.312 e. The third-order valence-electron chi connectivity index (χ3n) is 6.88. The van der Waals surface area contributed by atoms with Crippen LogP contribution in [0.5, 0.6) is 0 Å². The van der Waals surface area contributed by atoms with Gasteiger partial charge in [0.1, 0.15) is 0 Å². The van der Waals surface area contributed by atoms with E-state index in [0.29, 0.717) is 6.04 Å². The molecule has 31 heavy (non-hydrogen) atoms. The van der Waals surface area contributed by atoms with Crippen LogP contribution in [0.25, 0.3) is 0 Å². The Morgan fingerprint density at radius 2 is 1.77 bits per heavy atom. The van der Waals surface area contributed by atoms with Crippen molar-refractivity contribution in [2.45, 2.75) is 63.8 Å². The van der Waals surface area contributed by atoms with E-state index >= 15 is 0 Å². The molecule has 2 aliphatic carbocycles. The van der Waals surface area contributed by atoms with E-state index in [9.17, 15) is 4.79 Å². The summed E-state index contributed by atoms with van der Waals surface area (Å²) in [6.07, 6.45) is 5.16. The van der Waals surface area contributed by atoms with Gasteiger partial charge in [-0.05, 0) is 91.4 Å². The predicted octanol–water partition coefficient (Wildman–Crippen LogP) is 5.48. The molecule has 0 radical (unpaired) electrons. The van der Waals surface area contributed by atoms with E-state index in [2.05, 4.69) is 49.2 Å². The van der Waals surface area contributed by atoms with E-state index in [4.69, 9.17) is 4.74 Å². The highest BCUT2D eigenvalue weighted by Gasteiger charge is 2.33. The average molecular weight is 416 g/mol. The lowest BCUT2D eigenvalue weighted by molar-refractivity contribution is -0.141. The summed E-state index contributed by atoms with van der Waals surface area (Å²) < 4.78 is 4.83. The average Bonchev–Trinajstić information content (AvgIpc) is 3.61. The zero-order chi connectivity index (χ0) is 22.0. The highest BCUT2D eigenvalue weighted by Crippen LogP contribution is 2.42. The predicted molar refractivity (Wildman–Crippen MR) is 125 cm³/mol. The van der Waals surface area contributed by atoms with Gasteiger partial charge in [-0.2, -0.15) is 0 Å². The van der Waals surface area contributed by atoms with Gasteiger partial charge in [0, 0.05) is 17.2 Å². The molecule has 2 unspecified atom stereocenters. The summed E-state index contributed by atoms with van der Waals surface area (Å²) in [5.74, 6) is 7.03. The van der Waals surface area contributed by atoms with Crippen LogP contribution in [0.1, 0.15) is 86.2 Å².